The third kappa shape index (κ3) is 2.51. The van der Waals surface area contributed by atoms with Crippen LogP contribution in [0.2, 0.25) is 0 Å². The van der Waals surface area contributed by atoms with Crippen molar-refractivity contribution in [3.63, 3.8) is 0 Å². The maximum atomic E-state index is 12.0. The lowest BCUT2D eigenvalue weighted by molar-refractivity contribution is 0.102. The summed E-state index contributed by atoms with van der Waals surface area (Å²) in [6, 6.07) is 7.30. The standard InChI is InChI=1S/C13H16N4O/c1-9-12(8-17(3)16-9)15-13(18)10-4-6-11(14-2)7-5-10/h4-8,14H,1-3H3,(H,15,18). The van der Waals surface area contributed by atoms with Crippen LogP contribution in [0.25, 0.3) is 0 Å². The lowest BCUT2D eigenvalue weighted by Gasteiger charge is -2.05. The highest BCUT2D eigenvalue weighted by atomic mass is 16.1. The summed E-state index contributed by atoms with van der Waals surface area (Å²) in [5.74, 6) is -0.131. The Labute approximate surface area is 106 Å². The summed E-state index contributed by atoms with van der Waals surface area (Å²) in [5.41, 5.74) is 3.14. The number of nitrogens with zero attached hydrogens (tertiary/aromatic N) is 2. The molecule has 2 rings (SSSR count). The summed E-state index contributed by atoms with van der Waals surface area (Å²) < 4.78 is 1.68. The highest BCUT2D eigenvalue weighted by Gasteiger charge is 2.09. The number of carbonyl (C=O) groups is 1. The van der Waals surface area contributed by atoms with Crippen molar-refractivity contribution >= 4 is 17.3 Å². The SMILES string of the molecule is CNc1ccc(C(=O)Nc2cn(C)nc2C)cc1. The van der Waals surface area contributed by atoms with Crippen molar-refractivity contribution in [2.75, 3.05) is 17.7 Å². The summed E-state index contributed by atoms with van der Waals surface area (Å²) >= 11 is 0. The minimum atomic E-state index is -0.131. The van der Waals surface area contributed by atoms with E-state index in [2.05, 4.69) is 15.7 Å². The Balaban J connectivity index is 2.14. The molecule has 0 aliphatic heterocycles. The van der Waals surface area contributed by atoms with Gasteiger partial charge in [0, 0.05) is 31.5 Å². The molecule has 5 nitrogen and oxygen atoms in total. The number of anilines is 2. The van der Waals surface area contributed by atoms with E-state index in [9.17, 15) is 4.79 Å². The van der Waals surface area contributed by atoms with Crippen LogP contribution in [0.3, 0.4) is 0 Å². The van der Waals surface area contributed by atoms with Gasteiger partial charge in [-0.25, -0.2) is 0 Å². The van der Waals surface area contributed by atoms with Crippen molar-refractivity contribution in [1.82, 2.24) is 9.78 Å². The van der Waals surface area contributed by atoms with Crippen LogP contribution in [0.4, 0.5) is 11.4 Å². The molecule has 1 amide bonds. The van der Waals surface area contributed by atoms with Crippen LogP contribution < -0.4 is 10.6 Å². The third-order valence-electron chi connectivity index (χ3n) is 2.70. The minimum absolute atomic E-state index is 0.131. The number of carbonyl (C=O) groups excluding carboxylic acids is 1. The Bertz CT molecular complexity index is 557. The average Bonchev–Trinajstić information content (AvgIpc) is 2.68. The van der Waals surface area contributed by atoms with Gasteiger partial charge < -0.3 is 10.6 Å². The van der Waals surface area contributed by atoms with Gasteiger partial charge in [-0.05, 0) is 31.2 Å². The largest absolute Gasteiger partial charge is 0.388 e. The monoisotopic (exact) mass is 244 g/mol. The van der Waals surface area contributed by atoms with Crippen LogP contribution in [0.15, 0.2) is 30.5 Å². The zero-order valence-corrected chi connectivity index (χ0v) is 10.7. The molecule has 0 atom stereocenters. The Morgan fingerprint density at radius 2 is 1.94 bits per heavy atom. The molecule has 0 fully saturated rings. The number of aromatic nitrogens is 2. The van der Waals surface area contributed by atoms with Crippen LogP contribution in [-0.2, 0) is 7.05 Å². The number of aryl methyl sites for hydroxylation is 2. The van der Waals surface area contributed by atoms with Gasteiger partial charge in [-0.3, -0.25) is 9.48 Å². The molecule has 0 unspecified atom stereocenters. The van der Waals surface area contributed by atoms with E-state index in [1.165, 1.54) is 0 Å². The van der Waals surface area contributed by atoms with Crippen LogP contribution in [0.5, 0.6) is 0 Å². The third-order valence-corrected chi connectivity index (χ3v) is 2.70. The van der Waals surface area contributed by atoms with E-state index in [-0.39, 0.29) is 5.91 Å². The summed E-state index contributed by atoms with van der Waals surface area (Å²) in [6.45, 7) is 1.86. The van der Waals surface area contributed by atoms with E-state index in [1.807, 2.05) is 33.2 Å². The highest BCUT2D eigenvalue weighted by Crippen LogP contribution is 2.14. The first-order valence-corrected chi connectivity index (χ1v) is 5.69. The van der Waals surface area contributed by atoms with Gasteiger partial charge >= 0.3 is 0 Å². The second kappa shape index (κ2) is 4.91. The maximum Gasteiger partial charge on any atom is 0.255 e. The van der Waals surface area contributed by atoms with Crippen molar-refractivity contribution < 1.29 is 4.79 Å². The van der Waals surface area contributed by atoms with Gasteiger partial charge in [0.05, 0.1) is 11.4 Å². The van der Waals surface area contributed by atoms with Crippen molar-refractivity contribution in [3.05, 3.63) is 41.7 Å². The molecule has 18 heavy (non-hydrogen) atoms. The highest BCUT2D eigenvalue weighted by molar-refractivity contribution is 6.04. The molecule has 0 bridgehead atoms. The molecule has 0 saturated heterocycles. The summed E-state index contributed by atoms with van der Waals surface area (Å²) in [4.78, 5) is 12.0. The molecule has 0 saturated carbocycles. The van der Waals surface area contributed by atoms with Crippen LogP contribution in [-0.4, -0.2) is 22.7 Å². The molecule has 0 aliphatic rings. The predicted octanol–water partition coefficient (Wildman–Crippen LogP) is 2.02. The lowest BCUT2D eigenvalue weighted by atomic mass is 10.2. The van der Waals surface area contributed by atoms with Gasteiger partial charge in [0.2, 0.25) is 0 Å². The zero-order chi connectivity index (χ0) is 13.1. The number of hydrogen-bond donors (Lipinski definition) is 2. The summed E-state index contributed by atoms with van der Waals surface area (Å²) in [7, 11) is 3.67. The predicted molar refractivity (Wildman–Crippen MR) is 71.9 cm³/mol. The fourth-order valence-electron chi connectivity index (χ4n) is 1.71. The van der Waals surface area contributed by atoms with Gasteiger partial charge in [-0.1, -0.05) is 0 Å². The first-order chi connectivity index (χ1) is 8.60. The fourth-order valence-corrected chi connectivity index (χ4v) is 1.71. The van der Waals surface area contributed by atoms with E-state index >= 15 is 0 Å². The minimum Gasteiger partial charge on any atom is -0.388 e. The van der Waals surface area contributed by atoms with E-state index in [1.54, 1.807) is 23.0 Å². The molecular weight excluding hydrogens is 228 g/mol. The molecule has 2 N–H and O–H groups in total. The smallest absolute Gasteiger partial charge is 0.255 e. The molecule has 5 heteroatoms. The van der Waals surface area contributed by atoms with Crippen molar-refractivity contribution in [1.29, 1.82) is 0 Å². The first-order valence-electron chi connectivity index (χ1n) is 5.69. The van der Waals surface area contributed by atoms with Crippen molar-refractivity contribution in [2.45, 2.75) is 6.92 Å². The molecule has 2 aromatic rings. The molecular formula is C13H16N4O. The van der Waals surface area contributed by atoms with Gasteiger partial charge in [-0.15, -0.1) is 0 Å². The Hall–Kier alpha value is -2.30. The zero-order valence-electron chi connectivity index (χ0n) is 10.7. The van der Waals surface area contributed by atoms with Gasteiger partial charge in [0.15, 0.2) is 0 Å². The Morgan fingerprint density at radius 1 is 1.28 bits per heavy atom. The van der Waals surface area contributed by atoms with Crippen LogP contribution in [0, 0.1) is 6.92 Å². The fraction of sp³-hybridized carbons (Fsp3) is 0.231. The molecule has 94 valence electrons. The number of nitrogens with one attached hydrogen (secondary N) is 2. The van der Waals surface area contributed by atoms with Gasteiger partial charge in [0.1, 0.15) is 0 Å². The Morgan fingerprint density at radius 3 is 2.44 bits per heavy atom. The summed E-state index contributed by atoms with van der Waals surface area (Å²) in [5, 5.41) is 10.0. The topological polar surface area (TPSA) is 59.0 Å². The van der Waals surface area contributed by atoms with E-state index in [4.69, 9.17) is 0 Å². The van der Waals surface area contributed by atoms with E-state index in [0.717, 1.165) is 17.1 Å². The molecule has 1 aromatic heterocycles. The lowest BCUT2D eigenvalue weighted by Crippen LogP contribution is -2.12. The molecule has 1 heterocycles. The van der Waals surface area contributed by atoms with Crippen LogP contribution >= 0.6 is 0 Å². The van der Waals surface area contributed by atoms with E-state index in [0.29, 0.717) is 5.56 Å². The summed E-state index contributed by atoms with van der Waals surface area (Å²) in [6.07, 6.45) is 1.79. The quantitative estimate of drug-likeness (QED) is 0.868. The number of hydrogen-bond acceptors (Lipinski definition) is 3. The normalized spacial score (nSPS) is 10.2. The number of amides is 1. The Kier molecular flexibility index (Phi) is 3.32. The molecule has 0 aliphatic carbocycles. The van der Waals surface area contributed by atoms with Gasteiger partial charge in [-0.2, -0.15) is 5.10 Å². The maximum absolute atomic E-state index is 12.0. The molecule has 0 spiro atoms. The van der Waals surface area contributed by atoms with Crippen molar-refractivity contribution in [3.8, 4) is 0 Å². The number of benzene rings is 1. The van der Waals surface area contributed by atoms with Crippen LogP contribution in [0.1, 0.15) is 16.1 Å². The molecule has 1 aromatic carbocycles. The second-order valence-electron chi connectivity index (χ2n) is 4.08. The molecule has 0 radical (unpaired) electrons. The first kappa shape index (κ1) is 12.2. The average molecular weight is 244 g/mol. The van der Waals surface area contributed by atoms with Crippen molar-refractivity contribution in [2.24, 2.45) is 7.05 Å². The number of rotatable bonds is 3. The van der Waals surface area contributed by atoms with E-state index < -0.39 is 0 Å². The second-order valence-corrected chi connectivity index (χ2v) is 4.08. The van der Waals surface area contributed by atoms with Gasteiger partial charge in [0.25, 0.3) is 5.91 Å².